The number of rotatable bonds is 8. The van der Waals surface area contributed by atoms with Gasteiger partial charge in [-0.1, -0.05) is 30.3 Å². The molecule has 3 aromatic rings. The van der Waals surface area contributed by atoms with Gasteiger partial charge in [0.2, 0.25) is 0 Å². The van der Waals surface area contributed by atoms with Crippen LogP contribution in [-0.4, -0.2) is 49.1 Å². The second kappa shape index (κ2) is 10.4. The Morgan fingerprint density at radius 3 is 2.37 bits per heavy atom. The monoisotopic (exact) mass is 473 g/mol. The zero-order valence-corrected chi connectivity index (χ0v) is 19.9. The fourth-order valence-corrected chi connectivity index (χ4v) is 4.20. The molecule has 0 bridgehead atoms. The summed E-state index contributed by atoms with van der Waals surface area (Å²) in [7, 11) is 3.09. The van der Waals surface area contributed by atoms with Crippen LogP contribution in [0.2, 0.25) is 0 Å². The molecule has 7 nitrogen and oxygen atoms in total. The van der Waals surface area contributed by atoms with E-state index in [4.69, 9.17) is 14.2 Å². The smallest absolute Gasteiger partial charge is 0.295 e. The number of Topliss-reactive ketones (excluding diaryl/α,β-unsaturated/α-hetero) is 1. The van der Waals surface area contributed by atoms with Crippen LogP contribution >= 0.6 is 0 Å². The summed E-state index contributed by atoms with van der Waals surface area (Å²) in [6.07, 6.45) is 0. The quantitative estimate of drug-likeness (QED) is 0.286. The summed E-state index contributed by atoms with van der Waals surface area (Å²) in [5, 5.41) is 11.3. The zero-order valence-electron chi connectivity index (χ0n) is 19.9. The first-order chi connectivity index (χ1) is 16.9. The number of carbonyl (C=O) groups excluding carboxylic acids is 2. The first-order valence-corrected chi connectivity index (χ1v) is 11.2. The number of aliphatic hydroxyl groups excluding tert-OH is 1. The molecule has 180 valence electrons. The second-order valence-corrected chi connectivity index (χ2v) is 8.16. The van der Waals surface area contributed by atoms with Crippen LogP contribution in [0.1, 0.15) is 22.7 Å². The Morgan fingerprint density at radius 1 is 0.943 bits per heavy atom. The number of nitrogens with zero attached hydrogens (tertiary/aromatic N) is 1. The van der Waals surface area contributed by atoms with E-state index in [1.54, 1.807) is 49.6 Å². The highest BCUT2D eigenvalue weighted by Gasteiger charge is 2.46. The van der Waals surface area contributed by atoms with Gasteiger partial charge in [0.15, 0.2) is 0 Å². The lowest BCUT2D eigenvalue weighted by Gasteiger charge is -2.25. The number of carbonyl (C=O) groups is 2. The molecule has 1 N–H and O–H groups in total. The third kappa shape index (κ3) is 4.90. The number of hydrogen-bond donors (Lipinski definition) is 1. The number of para-hydroxylation sites is 1. The maximum absolute atomic E-state index is 13.2. The summed E-state index contributed by atoms with van der Waals surface area (Å²) in [6.45, 7) is 2.27. The summed E-state index contributed by atoms with van der Waals surface area (Å²) in [4.78, 5) is 27.6. The molecule has 1 unspecified atom stereocenters. The van der Waals surface area contributed by atoms with Gasteiger partial charge in [-0.05, 0) is 60.5 Å². The number of ether oxygens (including phenoxy) is 3. The van der Waals surface area contributed by atoms with Gasteiger partial charge in [0, 0.05) is 19.2 Å². The Morgan fingerprint density at radius 2 is 1.69 bits per heavy atom. The van der Waals surface area contributed by atoms with Crippen molar-refractivity contribution in [2.24, 2.45) is 0 Å². The summed E-state index contributed by atoms with van der Waals surface area (Å²) in [5.41, 5.74) is 1.88. The molecule has 0 spiro atoms. The van der Waals surface area contributed by atoms with E-state index < -0.39 is 17.7 Å². The molecular formula is C28H27NO6. The molecule has 35 heavy (non-hydrogen) atoms. The van der Waals surface area contributed by atoms with Crippen LogP contribution in [0.3, 0.4) is 0 Å². The standard InChI is InChI=1S/C28H27NO6/c1-18-16-20(12-13-23(18)34-3)26(30)24-25(29(14-15-33-2)28(32)27(24)31)19-8-7-11-22(17-19)35-21-9-5-4-6-10-21/h4-13,16-17,25,30H,14-15H2,1-3H3/b26-24+. The SMILES string of the molecule is COCCN1C(=O)C(=O)/C(=C(/O)c2ccc(OC)c(C)c2)C1c1cccc(Oc2ccccc2)c1. The Hall–Kier alpha value is -4.10. The molecule has 1 atom stereocenters. The molecule has 1 saturated heterocycles. The van der Waals surface area contributed by atoms with Crippen molar-refractivity contribution in [2.45, 2.75) is 13.0 Å². The van der Waals surface area contributed by atoms with E-state index in [0.29, 0.717) is 28.4 Å². The van der Waals surface area contributed by atoms with Crippen molar-refractivity contribution in [3.63, 3.8) is 0 Å². The zero-order chi connectivity index (χ0) is 24.9. The highest BCUT2D eigenvalue weighted by molar-refractivity contribution is 6.46. The number of aliphatic hydroxyl groups is 1. The Bertz CT molecular complexity index is 1270. The molecule has 1 fully saturated rings. The average molecular weight is 474 g/mol. The Labute approximate surface area is 204 Å². The maximum Gasteiger partial charge on any atom is 0.295 e. The van der Waals surface area contributed by atoms with Gasteiger partial charge in [0.25, 0.3) is 11.7 Å². The molecule has 0 radical (unpaired) electrons. The van der Waals surface area contributed by atoms with Gasteiger partial charge in [0.05, 0.1) is 25.3 Å². The number of hydrogen-bond acceptors (Lipinski definition) is 6. The van der Waals surface area contributed by atoms with Gasteiger partial charge in [-0.2, -0.15) is 0 Å². The van der Waals surface area contributed by atoms with Crippen LogP contribution in [0.4, 0.5) is 0 Å². The molecule has 3 aromatic carbocycles. The van der Waals surface area contributed by atoms with E-state index in [0.717, 1.165) is 5.56 Å². The Kier molecular flexibility index (Phi) is 7.17. The fraction of sp³-hybridized carbons (Fsp3) is 0.214. The van der Waals surface area contributed by atoms with Gasteiger partial charge in [0.1, 0.15) is 23.0 Å². The van der Waals surface area contributed by atoms with Crippen LogP contribution in [0, 0.1) is 6.92 Å². The van der Waals surface area contributed by atoms with Crippen molar-refractivity contribution in [3.8, 4) is 17.2 Å². The van der Waals surface area contributed by atoms with E-state index in [2.05, 4.69) is 0 Å². The van der Waals surface area contributed by atoms with Gasteiger partial charge in [-0.25, -0.2) is 0 Å². The Balaban J connectivity index is 1.81. The molecule has 1 heterocycles. The largest absolute Gasteiger partial charge is 0.507 e. The lowest BCUT2D eigenvalue weighted by Crippen LogP contribution is -2.32. The molecule has 1 amide bonds. The predicted molar refractivity (Wildman–Crippen MR) is 132 cm³/mol. The maximum atomic E-state index is 13.2. The highest BCUT2D eigenvalue weighted by atomic mass is 16.5. The number of aryl methyl sites for hydroxylation is 1. The fourth-order valence-electron chi connectivity index (χ4n) is 4.20. The third-order valence-electron chi connectivity index (χ3n) is 5.90. The summed E-state index contributed by atoms with van der Waals surface area (Å²) >= 11 is 0. The number of methoxy groups -OCH3 is 2. The minimum Gasteiger partial charge on any atom is -0.507 e. The topological polar surface area (TPSA) is 85.3 Å². The van der Waals surface area contributed by atoms with Crippen LogP contribution < -0.4 is 9.47 Å². The summed E-state index contributed by atoms with van der Waals surface area (Å²) in [5.74, 6) is 0.190. The van der Waals surface area contributed by atoms with Crippen molar-refractivity contribution in [1.82, 2.24) is 4.90 Å². The van der Waals surface area contributed by atoms with Crippen molar-refractivity contribution in [3.05, 3.63) is 95.1 Å². The molecule has 0 aliphatic carbocycles. The first kappa shape index (κ1) is 24.0. The van der Waals surface area contributed by atoms with Crippen molar-refractivity contribution in [2.75, 3.05) is 27.4 Å². The minimum atomic E-state index is -0.799. The summed E-state index contributed by atoms with van der Waals surface area (Å²) < 4.78 is 16.4. The molecule has 0 aromatic heterocycles. The van der Waals surface area contributed by atoms with E-state index in [1.807, 2.05) is 37.3 Å². The normalized spacial score (nSPS) is 17.0. The number of benzene rings is 3. The number of amides is 1. The van der Waals surface area contributed by atoms with Crippen LogP contribution in [0.25, 0.3) is 5.76 Å². The minimum absolute atomic E-state index is 0.0209. The van der Waals surface area contributed by atoms with E-state index >= 15 is 0 Å². The summed E-state index contributed by atoms with van der Waals surface area (Å²) in [6, 6.07) is 20.8. The molecular weight excluding hydrogens is 446 g/mol. The number of ketones is 1. The predicted octanol–water partition coefficient (Wildman–Crippen LogP) is 4.86. The third-order valence-corrected chi connectivity index (χ3v) is 5.90. The van der Waals surface area contributed by atoms with E-state index in [9.17, 15) is 14.7 Å². The molecule has 7 heteroatoms. The van der Waals surface area contributed by atoms with Crippen LogP contribution in [0.5, 0.6) is 17.2 Å². The van der Waals surface area contributed by atoms with E-state index in [-0.39, 0.29) is 24.5 Å². The molecule has 1 aliphatic heterocycles. The lowest BCUT2D eigenvalue weighted by atomic mass is 9.94. The first-order valence-electron chi connectivity index (χ1n) is 11.2. The van der Waals surface area contributed by atoms with E-state index in [1.165, 1.54) is 12.0 Å². The van der Waals surface area contributed by atoms with Gasteiger partial charge in [-0.15, -0.1) is 0 Å². The molecule has 1 aliphatic rings. The van der Waals surface area contributed by atoms with Crippen LogP contribution in [-0.2, 0) is 14.3 Å². The van der Waals surface area contributed by atoms with Crippen molar-refractivity contribution in [1.29, 1.82) is 0 Å². The average Bonchev–Trinajstić information content (AvgIpc) is 3.12. The molecule has 4 rings (SSSR count). The van der Waals surface area contributed by atoms with Crippen molar-refractivity contribution >= 4 is 17.4 Å². The van der Waals surface area contributed by atoms with Gasteiger partial charge < -0.3 is 24.2 Å². The van der Waals surface area contributed by atoms with Gasteiger partial charge >= 0.3 is 0 Å². The van der Waals surface area contributed by atoms with Crippen LogP contribution in [0.15, 0.2) is 78.4 Å². The molecule has 0 saturated carbocycles. The van der Waals surface area contributed by atoms with Gasteiger partial charge in [-0.3, -0.25) is 9.59 Å². The highest BCUT2D eigenvalue weighted by Crippen LogP contribution is 2.40. The lowest BCUT2D eigenvalue weighted by molar-refractivity contribution is -0.140. The van der Waals surface area contributed by atoms with Crippen molar-refractivity contribution < 1.29 is 28.9 Å². The second-order valence-electron chi connectivity index (χ2n) is 8.16. The number of likely N-dealkylation sites (tertiary alicyclic amines) is 1.